The Bertz CT molecular complexity index is 744. The third-order valence-electron chi connectivity index (χ3n) is 3.53. The van der Waals surface area contributed by atoms with Gasteiger partial charge in [-0.2, -0.15) is 0 Å². The molecule has 3 nitrogen and oxygen atoms in total. The summed E-state index contributed by atoms with van der Waals surface area (Å²) in [6.07, 6.45) is 4.04. The third kappa shape index (κ3) is 2.66. The van der Waals surface area contributed by atoms with E-state index in [-0.39, 0.29) is 5.38 Å². The zero-order valence-corrected chi connectivity index (χ0v) is 13.0. The lowest BCUT2D eigenvalue weighted by Gasteiger charge is -2.10. The molecule has 2 aromatic heterocycles. The molecule has 0 spiro atoms. The van der Waals surface area contributed by atoms with Gasteiger partial charge in [0.1, 0.15) is 11.3 Å². The lowest BCUT2D eigenvalue weighted by Crippen LogP contribution is -2.02. The molecule has 0 bridgehead atoms. The topological polar surface area (TPSA) is 30.7 Å². The molecular weight excluding hydrogens is 282 g/mol. The van der Waals surface area contributed by atoms with E-state index in [1.807, 2.05) is 23.6 Å². The van der Waals surface area contributed by atoms with E-state index in [1.165, 1.54) is 5.56 Å². The second kappa shape index (κ2) is 5.86. The summed E-state index contributed by atoms with van der Waals surface area (Å²) in [5, 5.41) is -0.172. The summed E-state index contributed by atoms with van der Waals surface area (Å²) in [6.45, 7) is 4.12. The first kappa shape index (κ1) is 14.1. The predicted octanol–water partition coefficient (Wildman–Crippen LogP) is 4.67. The van der Waals surface area contributed by atoms with Gasteiger partial charge in [0, 0.05) is 11.9 Å². The van der Waals surface area contributed by atoms with Crippen LogP contribution < -0.4 is 0 Å². The Morgan fingerprint density at radius 3 is 2.62 bits per heavy atom. The average molecular weight is 300 g/mol. The Morgan fingerprint density at radius 2 is 1.95 bits per heavy atom. The van der Waals surface area contributed by atoms with Gasteiger partial charge >= 0.3 is 0 Å². The largest absolute Gasteiger partial charge is 0.279 e. The normalized spacial score (nSPS) is 12.7. The minimum Gasteiger partial charge on any atom is -0.279 e. The maximum Gasteiger partial charge on any atom is 0.164 e. The van der Waals surface area contributed by atoms with E-state index >= 15 is 0 Å². The molecule has 0 aliphatic carbocycles. The molecule has 21 heavy (non-hydrogen) atoms. The number of nitrogens with zero attached hydrogens (tertiary/aromatic N) is 3. The van der Waals surface area contributed by atoms with Crippen molar-refractivity contribution in [3.63, 3.8) is 0 Å². The van der Waals surface area contributed by atoms with Crippen molar-refractivity contribution in [2.24, 2.45) is 0 Å². The number of aromatic nitrogens is 3. The number of halogens is 1. The van der Waals surface area contributed by atoms with Gasteiger partial charge in [0.05, 0.1) is 5.38 Å². The van der Waals surface area contributed by atoms with Crippen LogP contribution in [0.25, 0.3) is 16.9 Å². The van der Waals surface area contributed by atoms with E-state index in [0.717, 1.165) is 35.5 Å². The predicted molar refractivity (Wildman–Crippen MR) is 87.1 cm³/mol. The van der Waals surface area contributed by atoms with Gasteiger partial charge in [-0.3, -0.25) is 4.57 Å². The van der Waals surface area contributed by atoms with Crippen LogP contribution in [0.2, 0.25) is 0 Å². The van der Waals surface area contributed by atoms with E-state index in [0.29, 0.717) is 0 Å². The van der Waals surface area contributed by atoms with Crippen molar-refractivity contribution in [2.75, 3.05) is 0 Å². The minimum absolute atomic E-state index is 0.172. The highest BCUT2D eigenvalue weighted by molar-refractivity contribution is 6.20. The lowest BCUT2D eigenvalue weighted by molar-refractivity contribution is 0.874. The van der Waals surface area contributed by atoms with Gasteiger partial charge in [0.15, 0.2) is 5.65 Å². The van der Waals surface area contributed by atoms with Crippen LogP contribution in [0.1, 0.15) is 37.0 Å². The molecule has 0 fully saturated rings. The number of pyridine rings is 1. The maximum atomic E-state index is 6.30. The SMILES string of the molecule is CCCc1ccc(-n2c(C(C)Cl)nc3cccnc32)cc1. The Kier molecular flexibility index (Phi) is 3.93. The maximum absolute atomic E-state index is 6.30. The molecule has 2 heterocycles. The van der Waals surface area contributed by atoms with E-state index in [1.54, 1.807) is 6.20 Å². The van der Waals surface area contributed by atoms with Crippen LogP contribution in [0, 0.1) is 0 Å². The van der Waals surface area contributed by atoms with Gasteiger partial charge in [0.25, 0.3) is 0 Å². The number of alkyl halides is 1. The lowest BCUT2D eigenvalue weighted by atomic mass is 10.1. The van der Waals surface area contributed by atoms with Gasteiger partial charge in [-0.15, -0.1) is 11.6 Å². The van der Waals surface area contributed by atoms with Crippen LogP contribution in [0.5, 0.6) is 0 Å². The number of hydrogen-bond donors (Lipinski definition) is 0. The summed E-state index contributed by atoms with van der Waals surface area (Å²) in [5.74, 6) is 0.827. The number of rotatable bonds is 4. The van der Waals surface area contributed by atoms with Crippen molar-refractivity contribution in [3.8, 4) is 5.69 Å². The Balaban J connectivity index is 2.15. The molecule has 0 N–H and O–H groups in total. The van der Waals surface area contributed by atoms with Crippen molar-refractivity contribution in [1.29, 1.82) is 0 Å². The minimum atomic E-state index is -0.172. The molecule has 0 radical (unpaired) electrons. The number of benzene rings is 1. The molecule has 3 aromatic rings. The zero-order chi connectivity index (χ0) is 14.8. The summed E-state index contributed by atoms with van der Waals surface area (Å²) in [6, 6.07) is 12.4. The molecule has 0 saturated carbocycles. The number of fused-ring (bicyclic) bond motifs is 1. The molecule has 1 unspecified atom stereocenters. The van der Waals surface area contributed by atoms with Gasteiger partial charge < -0.3 is 0 Å². The molecule has 108 valence electrons. The molecule has 0 aliphatic rings. The van der Waals surface area contributed by atoms with E-state index in [4.69, 9.17) is 11.6 Å². The summed E-state index contributed by atoms with van der Waals surface area (Å²) in [7, 11) is 0. The van der Waals surface area contributed by atoms with Crippen LogP contribution in [0.3, 0.4) is 0 Å². The highest BCUT2D eigenvalue weighted by atomic mass is 35.5. The highest BCUT2D eigenvalue weighted by Crippen LogP contribution is 2.27. The number of aryl methyl sites for hydroxylation is 1. The summed E-state index contributed by atoms with van der Waals surface area (Å²) in [5.41, 5.74) is 4.12. The molecular formula is C17H18ClN3. The molecule has 3 rings (SSSR count). The Morgan fingerprint density at radius 1 is 1.19 bits per heavy atom. The van der Waals surface area contributed by atoms with E-state index in [9.17, 15) is 0 Å². The fourth-order valence-corrected chi connectivity index (χ4v) is 2.70. The number of hydrogen-bond acceptors (Lipinski definition) is 2. The highest BCUT2D eigenvalue weighted by Gasteiger charge is 2.16. The third-order valence-corrected chi connectivity index (χ3v) is 3.73. The fourth-order valence-electron chi connectivity index (χ4n) is 2.55. The van der Waals surface area contributed by atoms with Crippen LogP contribution >= 0.6 is 11.6 Å². The van der Waals surface area contributed by atoms with Crippen LogP contribution in [0.15, 0.2) is 42.6 Å². The molecule has 4 heteroatoms. The first-order chi connectivity index (χ1) is 10.2. The van der Waals surface area contributed by atoms with Gasteiger partial charge in [0.2, 0.25) is 0 Å². The van der Waals surface area contributed by atoms with Crippen molar-refractivity contribution in [2.45, 2.75) is 32.1 Å². The van der Waals surface area contributed by atoms with Gasteiger partial charge in [-0.05, 0) is 43.2 Å². The van der Waals surface area contributed by atoms with Gasteiger partial charge in [-0.25, -0.2) is 9.97 Å². The average Bonchev–Trinajstić information content (AvgIpc) is 2.88. The molecule has 0 aliphatic heterocycles. The van der Waals surface area contributed by atoms with Crippen molar-refractivity contribution >= 4 is 22.8 Å². The van der Waals surface area contributed by atoms with Crippen LogP contribution in [-0.2, 0) is 6.42 Å². The quantitative estimate of drug-likeness (QED) is 0.655. The smallest absolute Gasteiger partial charge is 0.164 e. The van der Waals surface area contributed by atoms with Crippen LogP contribution in [-0.4, -0.2) is 14.5 Å². The fraction of sp³-hybridized carbons (Fsp3) is 0.294. The van der Waals surface area contributed by atoms with Gasteiger partial charge in [-0.1, -0.05) is 25.5 Å². The van der Waals surface area contributed by atoms with Crippen molar-refractivity contribution in [1.82, 2.24) is 14.5 Å². The molecule has 1 aromatic carbocycles. The molecule has 1 atom stereocenters. The Hall–Kier alpha value is -1.87. The first-order valence-corrected chi connectivity index (χ1v) is 7.71. The number of imidazole rings is 1. The van der Waals surface area contributed by atoms with E-state index < -0.39 is 0 Å². The standard InChI is InChI=1S/C17H18ClN3/c1-3-5-13-7-9-14(10-8-13)21-16(12(2)18)20-15-6-4-11-19-17(15)21/h4,6-12H,3,5H2,1-2H3. The summed E-state index contributed by atoms with van der Waals surface area (Å²) < 4.78 is 2.04. The van der Waals surface area contributed by atoms with Crippen molar-refractivity contribution in [3.05, 3.63) is 54.0 Å². The van der Waals surface area contributed by atoms with E-state index in [2.05, 4.69) is 41.2 Å². The second-order valence-electron chi connectivity index (χ2n) is 5.18. The van der Waals surface area contributed by atoms with Crippen LogP contribution in [0.4, 0.5) is 0 Å². The monoisotopic (exact) mass is 299 g/mol. The second-order valence-corrected chi connectivity index (χ2v) is 5.84. The summed E-state index contributed by atoms with van der Waals surface area (Å²) in [4.78, 5) is 9.08. The summed E-state index contributed by atoms with van der Waals surface area (Å²) >= 11 is 6.30. The molecule has 0 saturated heterocycles. The zero-order valence-electron chi connectivity index (χ0n) is 12.3. The van der Waals surface area contributed by atoms with Crippen molar-refractivity contribution < 1.29 is 0 Å². The molecule has 0 amide bonds. The first-order valence-electron chi connectivity index (χ1n) is 7.27. The Labute approximate surface area is 129 Å².